The summed E-state index contributed by atoms with van der Waals surface area (Å²) in [6.45, 7) is 2.59. The highest BCUT2D eigenvalue weighted by atomic mass is 16.7. The van der Waals surface area contributed by atoms with Gasteiger partial charge in [0.1, 0.15) is 55.4 Å². The summed E-state index contributed by atoms with van der Waals surface area (Å²) in [6, 6.07) is 0. The van der Waals surface area contributed by atoms with Crippen LogP contribution < -0.4 is 0 Å². The van der Waals surface area contributed by atoms with Crippen LogP contribution in [-0.4, -0.2) is 142 Å². The lowest BCUT2D eigenvalue weighted by Gasteiger charge is -2.42. The van der Waals surface area contributed by atoms with Gasteiger partial charge in [-0.2, -0.15) is 0 Å². The number of unbranched alkanes of at least 4 members (excludes halogenated alkanes) is 29. The number of aliphatic hydroxyl groups excluding tert-OH is 7. The Bertz CT molecular complexity index is 1360. The molecule has 0 aromatic rings. The minimum absolute atomic E-state index is 0.126. The molecule has 7 N–H and O–H groups in total. The van der Waals surface area contributed by atoms with E-state index in [0.717, 1.165) is 44.9 Å². The molecule has 2 saturated heterocycles. The summed E-state index contributed by atoms with van der Waals surface area (Å²) >= 11 is 0. The van der Waals surface area contributed by atoms with Crippen molar-refractivity contribution in [2.75, 3.05) is 26.4 Å². The molecular formula is C58H106O15. The van der Waals surface area contributed by atoms with Crippen molar-refractivity contribution in [3.05, 3.63) is 24.3 Å². The fourth-order valence-electron chi connectivity index (χ4n) is 9.37. The summed E-state index contributed by atoms with van der Waals surface area (Å²) in [5, 5.41) is 72.2. The van der Waals surface area contributed by atoms with Crippen LogP contribution in [0, 0.1) is 0 Å². The van der Waals surface area contributed by atoms with Gasteiger partial charge in [-0.1, -0.05) is 205 Å². The van der Waals surface area contributed by atoms with Crippen molar-refractivity contribution in [2.24, 2.45) is 0 Å². The number of allylic oxidation sites excluding steroid dienone is 4. The molecular weight excluding hydrogens is 937 g/mol. The van der Waals surface area contributed by atoms with E-state index in [1.165, 1.54) is 154 Å². The van der Waals surface area contributed by atoms with Crippen molar-refractivity contribution >= 4 is 11.9 Å². The third-order valence-corrected chi connectivity index (χ3v) is 14.2. The molecule has 2 rings (SSSR count). The Hall–Kier alpha value is -2.02. The van der Waals surface area contributed by atoms with E-state index in [9.17, 15) is 45.3 Å². The molecule has 15 nitrogen and oxygen atoms in total. The molecule has 2 fully saturated rings. The number of carbonyl (C=O) groups is 2. The molecule has 0 radical (unpaired) electrons. The first-order valence-corrected chi connectivity index (χ1v) is 29.4. The van der Waals surface area contributed by atoms with Crippen molar-refractivity contribution in [1.29, 1.82) is 0 Å². The molecule has 15 heteroatoms. The van der Waals surface area contributed by atoms with Gasteiger partial charge in [-0.3, -0.25) is 9.59 Å². The van der Waals surface area contributed by atoms with Crippen molar-refractivity contribution < 1.29 is 73.8 Å². The maximum atomic E-state index is 13.0. The monoisotopic (exact) mass is 1040 g/mol. The minimum Gasteiger partial charge on any atom is -0.462 e. The van der Waals surface area contributed by atoms with Gasteiger partial charge in [0.25, 0.3) is 0 Å². The van der Waals surface area contributed by atoms with Gasteiger partial charge in [0.15, 0.2) is 18.7 Å². The Labute approximate surface area is 441 Å². The second-order valence-electron chi connectivity index (χ2n) is 20.8. The van der Waals surface area contributed by atoms with E-state index < -0.39 is 99.3 Å². The van der Waals surface area contributed by atoms with Crippen molar-refractivity contribution in [1.82, 2.24) is 0 Å². The van der Waals surface area contributed by atoms with E-state index in [1.54, 1.807) is 0 Å². The molecule has 0 aromatic carbocycles. The Kier molecular flexibility index (Phi) is 41.4. The molecule has 11 atom stereocenters. The van der Waals surface area contributed by atoms with Gasteiger partial charge in [-0.15, -0.1) is 0 Å². The predicted molar refractivity (Wildman–Crippen MR) is 284 cm³/mol. The van der Waals surface area contributed by atoms with E-state index in [0.29, 0.717) is 12.8 Å². The van der Waals surface area contributed by atoms with Crippen molar-refractivity contribution in [3.8, 4) is 0 Å². The number of hydrogen-bond donors (Lipinski definition) is 7. The van der Waals surface area contributed by atoms with Crippen LogP contribution in [0.5, 0.6) is 0 Å². The normalized spacial score (nSPS) is 24.9. The maximum Gasteiger partial charge on any atom is 0.306 e. The fourth-order valence-corrected chi connectivity index (χ4v) is 9.37. The van der Waals surface area contributed by atoms with E-state index in [2.05, 4.69) is 38.2 Å². The number of aliphatic hydroxyl groups is 7. The summed E-state index contributed by atoms with van der Waals surface area (Å²) in [6.07, 6.45) is 32.1. The first-order chi connectivity index (χ1) is 35.5. The second-order valence-corrected chi connectivity index (χ2v) is 20.8. The molecule has 4 unspecified atom stereocenters. The molecule has 0 amide bonds. The highest BCUT2D eigenvalue weighted by Crippen LogP contribution is 2.27. The van der Waals surface area contributed by atoms with Gasteiger partial charge >= 0.3 is 11.9 Å². The first-order valence-electron chi connectivity index (χ1n) is 29.4. The number of ether oxygens (including phenoxy) is 6. The average molecular weight is 1040 g/mol. The topological polar surface area (TPSA) is 231 Å². The molecule has 73 heavy (non-hydrogen) atoms. The zero-order chi connectivity index (χ0) is 53.2. The number of rotatable bonds is 47. The lowest BCUT2D eigenvalue weighted by molar-refractivity contribution is -0.332. The zero-order valence-electron chi connectivity index (χ0n) is 45.6. The highest BCUT2D eigenvalue weighted by Gasteiger charge is 2.47. The molecule has 0 aliphatic carbocycles. The third kappa shape index (κ3) is 32.4. The van der Waals surface area contributed by atoms with Gasteiger partial charge in [-0.25, -0.2) is 0 Å². The van der Waals surface area contributed by atoms with Gasteiger partial charge in [0.05, 0.1) is 19.8 Å². The molecule has 428 valence electrons. The van der Waals surface area contributed by atoms with Gasteiger partial charge in [0.2, 0.25) is 0 Å². The lowest BCUT2D eigenvalue weighted by atomic mass is 9.98. The quantitative estimate of drug-likeness (QED) is 0.0171. The van der Waals surface area contributed by atoms with Crippen LogP contribution in [0.15, 0.2) is 24.3 Å². The van der Waals surface area contributed by atoms with Crippen LogP contribution in [0.3, 0.4) is 0 Å². The first kappa shape index (κ1) is 67.1. The Morgan fingerprint density at radius 3 is 1.30 bits per heavy atom. The van der Waals surface area contributed by atoms with Crippen LogP contribution in [-0.2, 0) is 38.0 Å². The Balaban J connectivity index is 1.74. The Morgan fingerprint density at radius 1 is 0.438 bits per heavy atom. The van der Waals surface area contributed by atoms with Gasteiger partial charge in [-0.05, 0) is 44.9 Å². The van der Waals surface area contributed by atoms with Gasteiger partial charge < -0.3 is 64.2 Å². The SMILES string of the molecule is CCCCCCCC/C=C/C/C=C/CCCCC(=O)O[C@@H](COC(=O)CCCCCCCCCCCCCCCCCCCCCCCC)CO[C@@H]1O[C@H](CO[C@@H]2O[C@H](CO)[C@H](O)C(O)C2O)[C@H](O)C(O)C1O. The van der Waals surface area contributed by atoms with E-state index in [4.69, 9.17) is 28.4 Å². The molecule has 2 aliphatic heterocycles. The zero-order valence-corrected chi connectivity index (χ0v) is 45.6. The molecule has 2 aliphatic rings. The van der Waals surface area contributed by atoms with Crippen LogP contribution in [0.1, 0.15) is 239 Å². The third-order valence-electron chi connectivity index (χ3n) is 14.2. The standard InChI is InChI=1S/C58H106O15/c1-3-5-7-9-11-13-15-17-19-20-21-22-23-24-25-27-28-30-32-34-36-38-40-49(60)68-43-46(71-50(61)41-39-37-35-33-31-29-26-18-16-14-12-10-8-6-4-2)44-69-57-56(67)54(65)52(63)48(73-57)45-70-58-55(66)53(64)51(62)47(42-59)72-58/h18,26,31,33,46-48,51-59,62-67H,3-17,19-25,27-30,32,34-45H2,1-2H3/b26-18+,33-31+/t46-,47+,48+,51-,52-,53?,54?,55?,56?,57+,58+/m0/s1. The Morgan fingerprint density at radius 2 is 0.822 bits per heavy atom. The number of esters is 2. The number of carbonyl (C=O) groups excluding carboxylic acids is 2. The van der Waals surface area contributed by atoms with E-state index in [-0.39, 0.29) is 19.4 Å². The van der Waals surface area contributed by atoms with Crippen LogP contribution in [0.2, 0.25) is 0 Å². The van der Waals surface area contributed by atoms with Crippen LogP contribution >= 0.6 is 0 Å². The summed E-state index contributed by atoms with van der Waals surface area (Å²) < 4.78 is 33.6. The smallest absolute Gasteiger partial charge is 0.306 e. The van der Waals surface area contributed by atoms with E-state index >= 15 is 0 Å². The van der Waals surface area contributed by atoms with Crippen molar-refractivity contribution in [2.45, 2.75) is 306 Å². The predicted octanol–water partition coefficient (Wildman–Crippen LogP) is 9.89. The molecule has 0 saturated carbocycles. The largest absolute Gasteiger partial charge is 0.462 e. The van der Waals surface area contributed by atoms with Crippen molar-refractivity contribution in [3.63, 3.8) is 0 Å². The molecule has 2 heterocycles. The summed E-state index contributed by atoms with van der Waals surface area (Å²) in [4.78, 5) is 25.9. The summed E-state index contributed by atoms with van der Waals surface area (Å²) in [5.41, 5.74) is 0. The minimum atomic E-state index is -1.77. The summed E-state index contributed by atoms with van der Waals surface area (Å²) in [7, 11) is 0. The highest BCUT2D eigenvalue weighted by molar-refractivity contribution is 5.70. The second kappa shape index (κ2) is 45.0. The summed E-state index contributed by atoms with van der Waals surface area (Å²) in [5.74, 6) is -0.951. The van der Waals surface area contributed by atoms with Crippen LogP contribution in [0.4, 0.5) is 0 Å². The molecule has 0 spiro atoms. The number of hydrogen-bond acceptors (Lipinski definition) is 15. The maximum absolute atomic E-state index is 13.0. The lowest BCUT2D eigenvalue weighted by Crippen LogP contribution is -2.61. The molecule has 0 bridgehead atoms. The fraction of sp³-hybridized carbons (Fsp3) is 0.897. The molecule has 0 aromatic heterocycles. The van der Waals surface area contributed by atoms with Crippen LogP contribution in [0.25, 0.3) is 0 Å². The van der Waals surface area contributed by atoms with E-state index in [1.807, 2.05) is 0 Å². The average Bonchev–Trinajstić information content (AvgIpc) is 3.38. The van der Waals surface area contributed by atoms with Gasteiger partial charge in [0, 0.05) is 12.8 Å².